The first-order chi connectivity index (χ1) is 14.4. The van der Waals surface area contributed by atoms with Gasteiger partial charge in [0.1, 0.15) is 6.04 Å². The van der Waals surface area contributed by atoms with E-state index in [-0.39, 0.29) is 11.8 Å². The summed E-state index contributed by atoms with van der Waals surface area (Å²) >= 11 is 1.67. The summed E-state index contributed by atoms with van der Waals surface area (Å²) in [7, 11) is 0. The Hall–Kier alpha value is -2.27. The highest BCUT2D eigenvalue weighted by atomic mass is 32.2. The Labute approximate surface area is 185 Å². The van der Waals surface area contributed by atoms with Gasteiger partial charge in [-0.05, 0) is 44.9 Å². The van der Waals surface area contributed by atoms with Crippen LogP contribution >= 0.6 is 11.8 Å². The molecule has 1 N–H and O–H groups in total. The SMILES string of the molecule is CCCCNC(=O)C(C)N(Cc1cccc(C)c1)C(=O)CCSc1ccc(C)cc1. The molecule has 0 spiro atoms. The normalized spacial score (nSPS) is 11.7. The summed E-state index contributed by atoms with van der Waals surface area (Å²) in [6, 6.07) is 15.9. The van der Waals surface area contributed by atoms with Gasteiger partial charge in [0.25, 0.3) is 0 Å². The maximum Gasteiger partial charge on any atom is 0.242 e. The van der Waals surface area contributed by atoms with Crippen molar-refractivity contribution in [1.82, 2.24) is 10.2 Å². The van der Waals surface area contributed by atoms with Crippen molar-refractivity contribution in [2.75, 3.05) is 12.3 Å². The number of amides is 2. The Kier molecular flexibility index (Phi) is 9.95. The van der Waals surface area contributed by atoms with Gasteiger partial charge in [-0.1, -0.05) is 60.9 Å². The summed E-state index contributed by atoms with van der Waals surface area (Å²) in [6.45, 7) is 9.10. The number of carbonyl (C=O) groups excluding carboxylic acids is 2. The lowest BCUT2D eigenvalue weighted by Crippen LogP contribution is -2.47. The molecule has 2 aromatic carbocycles. The van der Waals surface area contributed by atoms with E-state index in [4.69, 9.17) is 0 Å². The van der Waals surface area contributed by atoms with Gasteiger partial charge >= 0.3 is 0 Å². The number of hydrogen-bond acceptors (Lipinski definition) is 3. The number of hydrogen-bond donors (Lipinski definition) is 1. The third kappa shape index (κ3) is 7.86. The highest BCUT2D eigenvalue weighted by Gasteiger charge is 2.25. The van der Waals surface area contributed by atoms with Gasteiger partial charge in [-0.25, -0.2) is 0 Å². The van der Waals surface area contributed by atoms with Gasteiger partial charge in [0.15, 0.2) is 0 Å². The lowest BCUT2D eigenvalue weighted by Gasteiger charge is -2.29. The predicted molar refractivity (Wildman–Crippen MR) is 126 cm³/mol. The molecule has 1 atom stereocenters. The Morgan fingerprint density at radius 1 is 1.07 bits per heavy atom. The van der Waals surface area contributed by atoms with E-state index in [0.29, 0.717) is 25.3 Å². The van der Waals surface area contributed by atoms with Crippen molar-refractivity contribution in [2.24, 2.45) is 0 Å². The monoisotopic (exact) mass is 426 g/mol. The summed E-state index contributed by atoms with van der Waals surface area (Å²) in [5, 5.41) is 2.97. The molecule has 0 aliphatic rings. The predicted octanol–water partition coefficient (Wildman–Crippen LogP) is 5.12. The minimum atomic E-state index is -0.501. The van der Waals surface area contributed by atoms with Crippen LogP contribution in [-0.4, -0.2) is 35.1 Å². The smallest absolute Gasteiger partial charge is 0.242 e. The van der Waals surface area contributed by atoms with Gasteiger partial charge in [0, 0.05) is 30.2 Å². The molecule has 4 nitrogen and oxygen atoms in total. The summed E-state index contributed by atoms with van der Waals surface area (Å²) in [6.07, 6.45) is 2.37. The Balaban J connectivity index is 2.03. The molecule has 2 aromatic rings. The first-order valence-corrected chi connectivity index (χ1v) is 11.7. The second kappa shape index (κ2) is 12.4. The fourth-order valence-corrected chi connectivity index (χ4v) is 4.00. The summed E-state index contributed by atoms with van der Waals surface area (Å²) in [5.41, 5.74) is 3.42. The van der Waals surface area contributed by atoms with Gasteiger partial charge in [0.2, 0.25) is 11.8 Å². The molecule has 2 rings (SSSR count). The fourth-order valence-electron chi connectivity index (χ4n) is 3.16. The van der Waals surface area contributed by atoms with Crippen molar-refractivity contribution in [2.45, 2.75) is 64.4 Å². The van der Waals surface area contributed by atoms with Crippen molar-refractivity contribution in [1.29, 1.82) is 0 Å². The number of nitrogens with one attached hydrogen (secondary N) is 1. The maximum absolute atomic E-state index is 13.1. The third-order valence-corrected chi connectivity index (χ3v) is 6.05. The molecule has 0 heterocycles. The molecule has 0 radical (unpaired) electrons. The van der Waals surface area contributed by atoms with Crippen molar-refractivity contribution in [3.8, 4) is 0 Å². The number of aryl methyl sites for hydroxylation is 2. The number of benzene rings is 2. The van der Waals surface area contributed by atoms with E-state index in [0.717, 1.165) is 28.9 Å². The molecule has 2 amide bonds. The zero-order valence-corrected chi connectivity index (χ0v) is 19.4. The van der Waals surface area contributed by atoms with Crippen LogP contribution in [0.5, 0.6) is 0 Å². The van der Waals surface area contributed by atoms with Gasteiger partial charge in [-0.2, -0.15) is 0 Å². The van der Waals surface area contributed by atoms with Gasteiger partial charge < -0.3 is 10.2 Å². The lowest BCUT2D eigenvalue weighted by molar-refractivity contribution is -0.140. The molecule has 0 saturated heterocycles. The van der Waals surface area contributed by atoms with Crippen LogP contribution in [0.4, 0.5) is 0 Å². The highest BCUT2D eigenvalue weighted by molar-refractivity contribution is 7.99. The van der Waals surface area contributed by atoms with E-state index < -0.39 is 6.04 Å². The summed E-state index contributed by atoms with van der Waals surface area (Å²) < 4.78 is 0. The Morgan fingerprint density at radius 2 is 1.80 bits per heavy atom. The van der Waals surface area contributed by atoms with Crippen LogP contribution in [0.2, 0.25) is 0 Å². The zero-order valence-electron chi connectivity index (χ0n) is 18.6. The molecule has 0 aromatic heterocycles. The molecule has 30 heavy (non-hydrogen) atoms. The van der Waals surface area contributed by atoms with Crippen LogP contribution < -0.4 is 5.32 Å². The quantitative estimate of drug-likeness (QED) is 0.401. The van der Waals surface area contributed by atoms with Crippen LogP contribution in [-0.2, 0) is 16.1 Å². The van der Waals surface area contributed by atoms with Crippen LogP contribution in [0, 0.1) is 13.8 Å². The first kappa shape index (κ1) is 24.0. The highest BCUT2D eigenvalue weighted by Crippen LogP contribution is 2.20. The average molecular weight is 427 g/mol. The van der Waals surface area contributed by atoms with E-state index in [1.54, 1.807) is 16.7 Å². The summed E-state index contributed by atoms with van der Waals surface area (Å²) in [5.74, 6) is 0.612. The van der Waals surface area contributed by atoms with Gasteiger partial charge in [-0.3, -0.25) is 9.59 Å². The molecule has 0 fully saturated rings. The lowest BCUT2D eigenvalue weighted by atomic mass is 10.1. The fraction of sp³-hybridized carbons (Fsp3) is 0.440. The zero-order chi connectivity index (χ0) is 21.9. The minimum absolute atomic E-state index is 0.00857. The van der Waals surface area contributed by atoms with Crippen molar-refractivity contribution < 1.29 is 9.59 Å². The first-order valence-electron chi connectivity index (χ1n) is 10.7. The van der Waals surface area contributed by atoms with Gasteiger partial charge in [-0.15, -0.1) is 11.8 Å². The van der Waals surface area contributed by atoms with Crippen LogP contribution in [0.3, 0.4) is 0 Å². The second-order valence-corrected chi connectivity index (χ2v) is 8.91. The molecule has 0 aliphatic heterocycles. The van der Waals surface area contributed by atoms with Crippen LogP contribution in [0.1, 0.15) is 49.8 Å². The molecular weight excluding hydrogens is 392 g/mol. The van der Waals surface area contributed by atoms with Crippen LogP contribution in [0.15, 0.2) is 53.4 Å². The number of thioether (sulfide) groups is 1. The summed E-state index contributed by atoms with van der Waals surface area (Å²) in [4.78, 5) is 28.6. The second-order valence-electron chi connectivity index (χ2n) is 7.74. The number of nitrogens with zero attached hydrogens (tertiary/aromatic N) is 1. The average Bonchev–Trinajstić information content (AvgIpc) is 2.73. The number of rotatable bonds is 11. The molecule has 0 aliphatic carbocycles. The van der Waals surface area contributed by atoms with E-state index >= 15 is 0 Å². The van der Waals surface area contributed by atoms with E-state index in [1.165, 1.54) is 5.56 Å². The number of carbonyl (C=O) groups is 2. The van der Waals surface area contributed by atoms with Crippen molar-refractivity contribution in [3.05, 3.63) is 65.2 Å². The number of unbranched alkanes of at least 4 members (excludes halogenated alkanes) is 1. The molecule has 162 valence electrons. The molecular formula is C25H34N2O2S. The molecule has 1 unspecified atom stereocenters. The van der Waals surface area contributed by atoms with E-state index in [9.17, 15) is 9.59 Å². The molecule has 5 heteroatoms. The standard InChI is InChI=1S/C25H34N2O2S/c1-5-6-15-26-25(29)21(4)27(18-22-9-7-8-20(3)17-22)24(28)14-16-30-23-12-10-19(2)11-13-23/h7-13,17,21H,5-6,14-16,18H2,1-4H3,(H,26,29). The van der Waals surface area contributed by atoms with E-state index in [2.05, 4.69) is 49.5 Å². The molecule has 0 bridgehead atoms. The topological polar surface area (TPSA) is 49.4 Å². The van der Waals surface area contributed by atoms with Crippen LogP contribution in [0.25, 0.3) is 0 Å². The Morgan fingerprint density at radius 3 is 2.47 bits per heavy atom. The van der Waals surface area contributed by atoms with Crippen molar-refractivity contribution >= 4 is 23.6 Å². The molecule has 0 saturated carbocycles. The minimum Gasteiger partial charge on any atom is -0.354 e. The van der Waals surface area contributed by atoms with Gasteiger partial charge in [0.05, 0.1) is 0 Å². The maximum atomic E-state index is 13.1. The van der Waals surface area contributed by atoms with E-state index in [1.807, 2.05) is 32.0 Å². The Bertz CT molecular complexity index is 820. The largest absolute Gasteiger partial charge is 0.354 e. The third-order valence-electron chi connectivity index (χ3n) is 5.04. The van der Waals surface area contributed by atoms with Crippen molar-refractivity contribution in [3.63, 3.8) is 0 Å².